The number of rotatable bonds is 3. The van der Waals surface area contributed by atoms with Crippen molar-refractivity contribution >= 4 is 27.3 Å². The van der Waals surface area contributed by atoms with Gasteiger partial charge in [-0.15, -0.1) is 16.4 Å². The van der Waals surface area contributed by atoms with E-state index in [1.54, 1.807) is 12.1 Å². The molecule has 1 aliphatic heterocycles. The predicted octanol–water partition coefficient (Wildman–Crippen LogP) is 5.84. The van der Waals surface area contributed by atoms with E-state index in [0.29, 0.717) is 12.1 Å². The van der Waals surface area contributed by atoms with E-state index in [0.717, 1.165) is 8.66 Å². The minimum Gasteiger partial charge on any atom is -0.387 e. The Morgan fingerprint density at radius 3 is 2.11 bits per heavy atom. The third kappa shape index (κ3) is 4.58. The molecule has 2 aromatic rings. The fourth-order valence-corrected chi connectivity index (χ4v) is 4.09. The van der Waals surface area contributed by atoms with Crippen LogP contribution >= 0.6 is 27.3 Å². The number of hydrogen-bond donors (Lipinski definition) is 1. The molecular weight excluding hydrogens is 462 g/mol. The van der Waals surface area contributed by atoms with E-state index < -0.39 is 29.5 Å². The minimum absolute atomic E-state index is 0.0209. The highest BCUT2D eigenvalue weighted by Gasteiger charge is 2.37. The number of thiophene rings is 1. The van der Waals surface area contributed by atoms with Crippen molar-refractivity contribution in [2.45, 2.75) is 24.9 Å². The molecule has 3 nitrogen and oxygen atoms in total. The molecule has 2 N–H and O–H groups in total. The van der Waals surface area contributed by atoms with Crippen molar-refractivity contribution in [3.8, 4) is 0 Å². The first kappa shape index (κ1) is 20.0. The first-order chi connectivity index (χ1) is 12.4. The summed E-state index contributed by atoms with van der Waals surface area (Å²) in [5, 5.41) is 1.24. The van der Waals surface area contributed by atoms with Crippen LogP contribution in [-0.4, -0.2) is 5.06 Å². The second-order valence-corrected chi connectivity index (χ2v) is 8.23. The topological polar surface area (TPSA) is 38.5 Å². The number of nitrogens with two attached hydrogens (primary N) is 1. The Balaban J connectivity index is 1.94. The van der Waals surface area contributed by atoms with Crippen molar-refractivity contribution < 1.29 is 31.2 Å². The molecule has 1 aromatic carbocycles. The van der Waals surface area contributed by atoms with Crippen LogP contribution in [0.1, 0.15) is 27.6 Å². The monoisotopic (exact) mass is 472 g/mol. The Hall–Kier alpha value is -1.72. The zero-order valence-electron chi connectivity index (χ0n) is 13.2. The van der Waals surface area contributed by atoms with Crippen LogP contribution in [0.5, 0.6) is 0 Å². The van der Waals surface area contributed by atoms with Crippen molar-refractivity contribution in [2.24, 2.45) is 5.73 Å². The smallest absolute Gasteiger partial charge is 0.387 e. The van der Waals surface area contributed by atoms with Gasteiger partial charge in [0.2, 0.25) is 5.88 Å². The molecule has 11 heteroatoms. The van der Waals surface area contributed by atoms with Crippen molar-refractivity contribution in [1.82, 2.24) is 5.06 Å². The summed E-state index contributed by atoms with van der Waals surface area (Å²) in [7, 11) is 0. The summed E-state index contributed by atoms with van der Waals surface area (Å²) < 4.78 is 78.9. The second-order valence-electron chi connectivity index (χ2n) is 5.74. The molecule has 0 bridgehead atoms. The Morgan fingerprint density at radius 1 is 1.04 bits per heavy atom. The van der Waals surface area contributed by atoms with Crippen LogP contribution in [0.3, 0.4) is 0 Å². The number of halogens is 7. The molecule has 0 amide bonds. The van der Waals surface area contributed by atoms with Gasteiger partial charge in [0, 0.05) is 11.0 Å². The lowest BCUT2D eigenvalue weighted by Crippen LogP contribution is -2.23. The summed E-state index contributed by atoms with van der Waals surface area (Å²) in [6, 6.07) is 4.45. The van der Waals surface area contributed by atoms with Crippen LogP contribution in [0.2, 0.25) is 0 Å². The van der Waals surface area contributed by atoms with Gasteiger partial charge >= 0.3 is 12.4 Å². The van der Waals surface area contributed by atoms with E-state index in [1.165, 1.54) is 22.5 Å². The lowest BCUT2D eigenvalue weighted by atomic mass is 10.0. The quantitative estimate of drug-likeness (QED) is 0.570. The summed E-state index contributed by atoms with van der Waals surface area (Å²) >= 11 is 4.65. The summed E-state index contributed by atoms with van der Waals surface area (Å²) in [6.45, 7) is -0.315. The van der Waals surface area contributed by atoms with E-state index in [4.69, 9.17) is 10.6 Å². The molecule has 1 atom stereocenters. The van der Waals surface area contributed by atoms with Gasteiger partial charge in [0.15, 0.2) is 0 Å². The van der Waals surface area contributed by atoms with Crippen LogP contribution in [-0.2, 0) is 23.7 Å². The minimum atomic E-state index is -4.91. The van der Waals surface area contributed by atoms with Gasteiger partial charge in [-0.2, -0.15) is 26.3 Å². The van der Waals surface area contributed by atoms with Gasteiger partial charge in [-0.1, -0.05) is 0 Å². The van der Waals surface area contributed by atoms with Crippen molar-refractivity contribution in [3.63, 3.8) is 0 Å². The van der Waals surface area contributed by atoms with Crippen molar-refractivity contribution in [3.05, 3.63) is 67.6 Å². The number of hydrogen-bond acceptors (Lipinski definition) is 4. The lowest BCUT2D eigenvalue weighted by Gasteiger charge is -2.23. The Morgan fingerprint density at radius 2 is 1.63 bits per heavy atom. The molecule has 1 aromatic heterocycles. The lowest BCUT2D eigenvalue weighted by molar-refractivity contribution is -0.144. The van der Waals surface area contributed by atoms with E-state index in [9.17, 15) is 26.3 Å². The van der Waals surface area contributed by atoms with Gasteiger partial charge in [-0.05, 0) is 51.8 Å². The maximum Gasteiger partial charge on any atom is 0.416 e. The van der Waals surface area contributed by atoms with E-state index in [-0.39, 0.29) is 24.1 Å². The predicted molar refractivity (Wildman–Crippen MR) is 90.1 cm³/mol. The molecule has 0 fully saturated rings. The molecule has 1 unspecified atom stereocenters. The van der Waals surface area contributed by atoms with Crippen molar-refractivity contribution in [1.29, 1.82) is 0 Å². The fraction of sp³-hybridized carbons (Fsp3) is 0.250. The van der Waals surface area contributed by atoms with Crippen LogP contribution in [0, 0.1) is 0 Å². The summed E-state index contributed by atoms with van der Waals surface area (Å²) in [5.74, 6) is 0.0209. The highest BCUT2D eigenvalue weighted by atomic mass is 79.9. The normalized spacial score (nSPS) is 18.5. The average molecular weight is 473 g/mol. The van der Waals surface area contributed by atoms with Gasteiger partial charge in [-0.3, -0.25) is 0 Å². The molecule has 0 saturated carbocycles. The number of alkyl halides is 6. The molecule has 27 heavy (non-hydrogen) atoms. The van der Waals surface area contributed by atoms with Crippen LogP contribution in [0.4, 0.5) is 26.3 Å². The van der Waals surface area contributed by atoms with Crippen LogP contribution in [0.15, 0.2) is 46.1 Å². The molecule has 146 valence electrons. The maximum absolute atomic E-state index is 13.0. The first-order valence-electron chi connectivity index (χ1n) is 7.39. The number of benzene rings is 1. The molecular formula is C16H11BrF6N2OS. The SMILES string of the molecule is NC1=CC(c2ccc(Br)s2)N(Cc2cc(C(F)(F)F)cc(C(F)(F)F)c2)O1. The Kier molecular flexibility index (Phi) is 5.21. The summed E-state index contributed by atoms with van der Waals surface area (Å²) in [5.41, 5.74) is 2.70. The average Bonchev–Trinajstić information content (AvgIpc) is 3.11. The van der Waals surface area contributed by atoms with E-state index in [2.05, 4.69) is 15.9 Å². The first-order valence-corrected chi connectivity index (χ1v) is 9.00. The Labute approximate surface area is 162 Å². The fourth-order valence-electron chi connectivity index (χ4n) is 2.59. The highest BCUT2D eigenvalue weighted by Crippen LogP contribution is 2.39. The number of nitrogens with zero attached hydrogens (tertiary/aromatic N) is 1. The van der Waals surface area contributed by atoms with E-state index in [1.807, 2.05) is 0 Å². The summed E-state index contributed by atoms with van der Waals surface area (Å²) in [6.07, 6.45) is -8.27. The molecule has 0 spiro atoms. The zero-order chi connectivity index (χ0) is 20.0. The van der Waals surface area contributed by atoms with Crippen LogP contribution < -0.4 is 5.73 Å². The van der Waals surface area contributed by atoms with Crippen LogP contribution in [0.25, 0.3) is 0 Å². The summed E-state index contributed by atoms with van der Waals surface area (Å²) in [4.78, 5) is 6.06. The molecule has 2 heterocycles. The number of hydroxylamine groups is 2. The second kappa shape index (κ2) is 7.02. The van der Waals surface area contributed by atoms with Gasteiger partial charge in [0.05, 0.1) is 21.5 Å². The third-order valence-corrected chi connectivity index (χ3v) is 5.42. The molecule has 3 rings (SSSR count). The third-order valence-electron chi connectivity index (χ3n) is 3.73. The molecule has 0 aliphatic carbocycles. The van der Waals surface area contributed by atoms with Gasteiger partial charge < -0.3 is 10.6 Å². The molecule has 1 aliphatic rings. The molecule has 0 saturated heterocycles. The van der Waals surface area contributed by atoms with E-state index >= 15 is 0 Å². The highest BCUT2D eigenvalue weighted by molar-refractivity contribution is 9.11. The standard InChI is InChI=1S/C16H11BrF6N2OS/c17-13-2-1-12(27-13)11-6-14(24)26-25(11)7-8-3-9(15(18,19)20)5-10(4-8)16(21,22)23/h1-6,11H,7,24H2. The molecule has 0 radical (unpaired) electrons. The largest absolute Gasteiger partial charge is 0.416 e. The van der Waals surface area contributed by atoms with Gasteiger partial charge in [0.1, 0.15) is 6.04 Å². The van der Waals surface area contributed by atoms with Gasteiger partial charge in [-0.25, -0.2) is 0 Å². The maximum atomic E-state index is 13.0. The van der Waals surface area contributed by atoms with Crippen molar-refractivity contribution in [2.75, 3.05) is 0 Å². The zero-order valence-corrected chi connectivity index (χ0v) is 15.6. The Bertz CT molecular complexity index is 844. The van der Waals surface area contributed by atoms with Gasteiger partial charge in [0.25, 0.3) is 0 Å².